The van der Waals surface area contributed by atoms with Crippen molar-refractivity contribution >= 4 is 5.97 Å². The first-order valence-electron chi connectivity index (χ1n) is 6.92. The van der Waals surface area contributed by atoms with Crippen molar-refractivity contribution in [3.05, 3.63) is 23.8 Å². The summed E-state index contributed by atoms with van der Waals surface area (Å²) in [5.74, 6) is 0.545. The first-order valence-corrected chi connectivity index (χ1v) is 6.92. The molecule has 1 aliphatic rings. The second kappa shape index (κ2) is 6.61. The Bertz CT molecular complexity index is 471. The van der Waals surface area contributed by atoms with Gasteiger partial charge in [-0.1, -0.05) is 6.07 Å². The van der Waals surface area contributed by atoms with Crippen molar-refractivity contribution in [3.63, 3.8) is 0 Å². The number of ether oxygens (including phenoxy) is 2. The lowest BCUT2D eigenvalue weighted by atomic mass is 9.96. The molecule has 110 valence electrons. The number of carbonyl (C=O) groups is 1. The number of rotatable bonds is 7. The zero-order chi connectivity index (χ0) is 14.5. The minimum absolute atomic E-state index is 0.0593. The lowest BCUT2D eigenvalue weighted by molar-refractivity contribution is -0.137. The van der Waals surface area contributed by atoms with E-state index in [0.29, 0.717) is 12.2 Å². The van der Waals surface area contributed by atoms with Gasteiger partial charge in [0.2, 0.25) is 0 Å². The zero-order valence-electron chi connectivity index (χ0n) is 11.7. The molecule has 0 aromatic heterocycles. The van der Waals surface area contributed by atoms with Crippen LogP contribution in [-0.4, -0.2) is 24.3 Å². The standard InChI is InChI=1S/C15H21NO4/c1-19-14-9-10(12(16)6-8-15(17)18)5-7-13(14)20-11-3-2-4-11/h5,7,9,11-12H,2-4,6,8,16H2,1H3,(H,17,18). The molecule has 0 aliphatic heterocycles. The summed E-state index contributed by atoms with van der Waals surface area (Å²) in [6.45, 7) is 0. The summed E-state index contributed by atoms with van der Waals surface area (Å²) in [6, 6.07) is 5.26. The summed E-state index contributed by atoms with van der Waals surface area (Å²) in [4.78, 5) is 10.6. The fourth-order valence-corrected chi connectivity index (χ4v) is 2.13. The van der Waals surface area contributed by atoms with Crippen molar-refractivity contribution in [3.8, 4) is 11.5 Å². The average Bonchev–Trinajstić information content (AvgIpc) is 2.40. The highest BCUT2D eigenvalue weighted by molar-refractivity contribution is 5.66. The Morgan fingerprint density at radius 1 is 1.45 bits per heavy atom. The van der Waals surface area contributed by atoms with E-state index < -0.39 is 5.97 Å². The molecule has 1 aliphatic carbocycles. The quantitative estimate of drug-likeness (QED) is 0.801. The van der Waals surface area contributed by atoms with E-state index in [1.54, 1.807) is 7.11 Å². The Labute approximate surface area is 118 Å². The van der Waals surface area contributed by atoms with E-state index >= 15 is 0 Å². The van der Waals surface area contributed by atoms with E-state index in [1.165, 1.54) is 6.42 Å². The number of nitrogens with two attached hydrogens (primary N) is 1. The summed E-state index contributed by atoms with van der Waals surface area (Å²) in [5.41, 5.74) is 6.86. The summed E-state index contributed by atoms with van der Waals surface area (Å²) in [5, 5.41) is 8.69. The second-order valence-corrected chi connectivity index (χ2v) is 5.12. The number of benzene rings is 1. The molecule has 0 amide bonds. The van der Waals surface area contributed by atoms with E-state index in [-0.39, 0.29) is 18.6 Å². The van der Waals surface area contributed by atoms with Crippen molar-refractivity contribution in [2.75, 3.05) is 7.11 Å². The van der Waals surface area contributed by atoms with Gasteiger partial charge in [0, 0.05) is 12.5 Å². The molecule has 1 saturated carbocycles. The highest BCUT2D eigenvalue weighted by atomic mass is 16.5. The van der Waals surface area contributed by atoms with Gasteiger partial charge in [-0.05, 0) is 43.4 Å². The molecule has 1 atom stereocenters. The lowest BCUT2D eigenvalue weighted by Crippen LogP contribution is -2.24. The molecule has 3 N–H and O–H groups in total. The van der Waals surface area contributed by atoms with E-state index in [9.17, 15) is 4.79 Å². The van der Waals surface area contributed by atoms with Crippen LogP contribution in [0.1, 0.15) is 43.7 Å². The number of hydrogen-bond acceptors (Lipinski definition) is 4. The van der Waals surface area contributed by atoms with Crippen LogP contribution in [0, 0.1) is 0 Å². The van der Waals surface area contributed by atoms with Gasteiger partial charge >= 0.3 is 5.97 Å². The third-order valence-electron chi connectivity index (χ3n) is 3.63. The normalized spacial score (nSPS) is 16.3. The van der Waals surface area contributed by atoms with Crippen molar-refractivity contribution in [1.82, 2.24) is 0 Å². The molecule has 5 nitrogen and oxygen atoms in total. The van der Waals surface area contributed by atoms with Crippen molar-refractivity contribution in [2.24, 2.45) is 5.73 Å². The van der Waals surface area contributed by atoms with Gasteiger partial charge in [-0.3, -0.25) is 4.79 Å². The Morgan fingerprint density at radius 3 is 2.75 bits per heavy atom. The topological polar surface area (TPSA) is 81.8 Å². The predicted octanol–water partition coefficient (Wildman–Crippen LogP) is 2.49. The molecule has 0 spiro atoms. The molecule has 1 aromatic carbocycles. The van der Waals surface area contributed by atoms with E-state index in [1.807, 2.05) is 18.2 Å². The Morgan fingerprint density at radius 2 is 2.20 bits per heavy atom. The SMILES string of the molecule is COc1cc(C(N)CCC(=O)O)ccc1OC1CCC1. The van der Waals surface area contributed by atoms with Gasteiger partial charge in [-0.2, -0.15) is 0 Å². The van der Waals surface area contributed by atoms with Crippen LogP contribution in [0.25, 0.3) is 0 Å². The Hall–Kier alpha value is -1.75. The largest absolute Gasteiger partial charge is 0.493 e. The molecule has 2 rings (SSSR count). The first-order chi connectivity index (χ1) is 9.60. The van der Waals surface area contributed by atoms with Gasteiger partial charge in [0.15, 0.2) is 11.5 Å². The smallest absolute Gasteiger partial charge is 0.303 e. The summed E-state index contributed by atoms with van der Waals surface area (Å²) in [7, 11) is 1.59. The minimum atomic E-state index is -0.836. The van der Waals surface area contributed by atoms with Gasteiger partial charge < -0.3 is 20.3 Å². The predicted molar refractivity (Wildman–Crippen MR) is 75.1 cm³/mol. The third-order valence-corrected chi connectivity index (χ3v) is 3.63. The van der Waals surface area contributed by atoms with Crippen molar-refractivity contribution in [2.45, 2.75) is 44.2 Å². The molecular formula is C15H21NO4. The van der Waals surface area contributed by atoms with Crippen LogP contribution >= 0.6 is 0 Å². The zero-order valence-corrected chi connectivity index (χ0v) is 11.7. The molecule has 1 fully saturated rings. The molecule has 0 heterocycles. The van der Waals surface area contributed by atoms with Gasteiger partial charge in [-0.15, -0.1) is 0 Å². The number of methoxy groups -OCH3 is 1. The van der Waals surface area contributed by atoms with E-state index in [4.69, 9.17) is 20.3 Å². The van der Waals surface area contributed by atoms with Gasteiger partial charge in [0.25, 0.3) is 0 Å². The number of carboxylic acid groups (broad SMARTS) is 1. The molecular weight excluding hydrogens is 258 g/mol. The Balaban J connectivity index is 2.05. The maximum atomic E-state index is 10.6. The van der Waals surface area contributed by atoms with Gasteiger partial charge in [-0.25, -0.2) is 0 Å². The second-order valence-electron chi connectivity index (χ2n) is 5.12. The van der Waals surface area contributed by atoms with Crippen LogP contribution < -0.4 is 15.2 Å². The van der Waals surface area contributed by atoms with Crippen LogP contribution in [0.5, 0.6) is 11.5 Å². The van der Waals surface area contributed by atoms with Crippen LogP contribution in [0.15, 0.2) is 18.2 Å². The fourth-order valence-electron chi connectivity index (χ4n) is 2.13. The average molecular weight is 279 g/mol. The van der Waals surface area contributed by atoms with Crippen molar-refractivity contribution < 1.29 is 19.4 Å². The van der Waals surface area contributed by atoms with Crippen LogP contribution in [-0.2, 0) is 4.79 Å². The molecule has 0 bridgehead atoms. The molecule has 1 unspecified atom stereocenters. The number of aliphatic carboxylic acids is 1. The highest BCUT2D eigenvalue weighted by Gasteiger charge is 2.21. The van der Waals surface area contributed by atoms with Gasteiger partial charge in [0.05, 0.1) is 13.2 Å². The number of carboxylic acids is 1. The monoisotopic (exact) mass is 279 g/mol. The minimum Gasteiger partial charge on any atom is -0.493 e. The molecule has 1 aromatic rings. The highest BCUT2D eigenvalue weighted by Crippen LogP contribution is 2.34. The van der Waals surface area contributed by atoms with Crippen LogP contribution in [0.2, 0.25) is 0 Å². The van der Waals surface area contributed by atoms with E-state index in [0.717, 1.165) is 24.2 Å². The Kier molecular flexibility index (Phi) is 4.84. The summed E-state index contributed by atoms with van der Waals surface area (Å²) >= 11 is 0. The van der Waals surface area contributed by atoms with E-state index in [2.05, 4.69) is 0 Å². The molecule has 0 saturated heterocycles. The summed E-state index contributed by atoms with van der Waals surface area (Å²) in [6.07, 6.45) is 4.14. The maximum absolute atomic E-state index is 10.6. The van der Waals surface area contributed by atoms with Crippen LogP contribution in [0.4, 0.5) is 0 Å². The molecule has 0 radical (unpaired) electrons. The fraction of sp³-hybridized carbons (Fsp3) is 0.533. The first kappa shape index (κ1) is 14.7. The number of hydrogen-bond donors (Lipinski definition) is 2. The van der Waals surface area contributed by atoms with Gasteiger partial charge in [0.1, 0.15) is 0 Å². The lowest BCUT2D eigenvalue weighted by Gasteiger charge is -2.27. The third kappa shape index (κ3) is 3.63. The maximum Gasteiger partial charge on any atom is 0.303 e. The molecule has 20 heavy (non-hydrogen) atoms. The van der Waals surface area contributed by atoms with Crippen LogP contribution in [0.3, 0.4) is 0 Å². The summed E-state index contributed by atoms with van der Waals surface area (Å²) < 4.78 is 11.2. The molecule has 5 heteroatoms. The van der Waals surface area contributed by atoms with Crippen molar-refractivity contribution in [1.29, 1.82) is 0 Å².